The number of carbonyl (C=O) groups excluding carboxylic acids is 1. The number of urea groups is 1. The lowest BCUT2D eigenvalue weighted by Crippen LogP contribution is -2.47. The number of nitrogens with one attached hydrogen (secondary N) is 2. The van der Waals surface area contributed by atoms with Crippen LogP contribution >= 0.6 is 0 Å². The molecule has 2 fully saturated rings. The maximum Gasteiger partial charge on any atom is 0.318 e. The van der Waals surface area contributed by atoms with E-state index in [0.29, 0.717) is 13.0 Å². The van der Waals surface area contributed by atoms with E-state index in [9.17, 15) is 13.2 Å². The van der Waals surface area contributed by atoms with Gasteiger partial charge >= 0.3 is 6.03 Å². The second-order valence-electron chi connectivity index (χ2n) is 6.96. The van der Waals surface area contributed by atoms with Crippen LogP contribution in [-0.4, -0.2) is 53.6 Å². The molecule has 2 N–H and O–H groups in total. The Labute approximate surface area is 143 Å². The number of hydrogen-bond donors (Lipinski definition) is 2. The number of aryl methyl sites for hydroxylation is 2. The first kappa shape index (κ1) is 17.3. The average Bonchev–Trinajstić information content (AvgIpc) is 2.91. The van der Waals surface area contributed by atoms with Crippen LogP contribution < -0.4 is 5.32 Å². The molecule has 0 bridgehead atoms. The van der Waals surface area contributed by atoms with Gasteiger partial charge in [-0.25, -0.2) is 13.2 Å². The fourth-order valence-corrected chi connectivity index (χ4v) is 5.54. The van der Waals surface area contributed by atoms with E-state index in [0.717, 1.165) is 42.6 Å². The molecule has 0 aromatic carbocycles. The van der Waals surface area contributed by atoms with Crippen LogP contribution in [0, 0.1) is 13.8 Å². The van der Waals surface area contributed by atoms with Gasteiger partial charge in [-0.3, -0.25) is 5.10 Å². The molecular weight excluding hydrogens is 328 g/mol. The Kier molecular flexibility index (Phi) is 4.85. The minimum atomic E-state index is -3.00. The van der Waals surface area contributed by atoms with Crippen molar-refractivity contribution in [1.29, 1.82) is 0 Å². The first-order valence-electron chi connectivity index (χ1n) is 8.66. The number of carbonyl (C=O) groups is 1. The van der Waals surface area contributed by atoms with Crippen LogP contribution in [0.25, 0.3) is 0 Å². The van der Waals surface area contributed by atoms with E-state index in [1.54, 1.807) is 0 Å². The Bertz CT molecular complexity index is 693. The predicted molar refractivity (Wildman–Crippen MR) is 91.6 cm³/mol. The molecule has 0 saturated carbocycles. The highest BCUT2D eigenvalue weighted by atomic mass is 32.2. The van der Waals surface area contributed by atoms with E-state index in [2.05, 4.69) is 15.5 Å². The molecule has 134 valence electrons. The quantitative estimate of drug-likeness (QED) is 0.847. The van der Waals surface area contributed by atoms with Gasteiger partial charge in [0, 0.05) is 23.8 Å². The van der Waals surface area contributed by atoms with Crippen molar-refractivity contribution in [3.63, 3.8) is 0 Å². The third-order valence-electron chi connectivity index (χ3n) is 5.09. The molecule has 3 heterocycles. The molecule has 2 aliphatic heterocycles. The second-order valence-corrected chi connectivity index (χ2v) is 9.18. The van der Waals surface area contributed by atoms with Crippen molar-refractivity contribution in [2.45, 2.75) is 58.0 Å². The summed E-state index contributed by atoms with van der Waals surface area (Å²) in [7, 11) is -3.00. The number of amides is 2. The number of likely N-dealkylation sites (tertiary alicyclic amines) is 1. The van der Waals surface area contributed by atoms with Gasteiger partial charge in [0.15, 0.2) is 9.84 Å². The summed E-state index contributed by atoms with van der Waals surface area (Å²) in [4.78, 5) is 14.7. The van der Waals surface area contributed by atoms with E-state index in [4.69, 9.17) is 0 Å². The largest absolute Gasteiger partial charge is 0.334 e. The van der Waals surface area contributed by atoms with Crippen LogP contribution in [0.15, 0.2) is 0 Å². The van der Waals surface area contributed by atoms with Crippen molar-refractivity contribution in [1.82, 2.24) is 20.4 Å². The van der Waals surface area contributed by atoms with E-state index < -0.39 is 9.84 Å². The standard InChI is InChI=1S/C16H26N4O3S/c1-11-15(12(2)19-18-11)14-6-4-3-5-8-20(14)16(21)17-13-7-9-24(22,23)10-13/h13-14H,3-10H2,1-2H3,(H,17,21)(H,18,19)/t13-,14+/m1/s1. The number of H-pyrrole nitrogens is 1. The van der Waals surface area contributed by atoms with Gasteiger partial charge < -0.3 is 10.2 Å². The summed E-state index contributed by atoms with van der Waals surface area (Å²) in [5, 5.41) is 10.2. The minimum Gasteiger partial charge on any atom is -0.334 e. The third-order valence-corrected chi connectivity index (χ3v) is 6.86. The molecule has 24 heavy (non-hydrogen) atoms. The van der Waals surface area contributed by atoms with Gasteiger partial charge in [-0.05, 0) is 33.1 Å². The molecule has 0 radical (unpaired) electrons. The van der Waals surface area contributed by atoms with Gasteiger partial charge in [0.1, 0.15) is 0 Å². The molecule has 1 aromatic rings. The van der Waals surface area contributed by atoms with Crippen molar-refractivity contribution < 1.29 is 13.2 Å². The maximum atomic E-state index is 12.8. The summed E-state index contributed by atoms with van der Waals surface area (Å²) in [6.45, 7) is 4.64. The van der Waals surface area contributed by atoms with E-state index in [-0.39, 0.29) is 29.6 Å². The first-order valence-corrected chi connectivity index (χ1v) is 10.5. The molecule has 8 heteroatoms. The van der Waals surface area contributed by atoms with Gasteiger partial charge in [0.25, 0.3) is 0 Å². The van der Waals surface area contributed by atoms with Crippen molar-refractivity contribution in [2.24, 2.45) is 0 Å². The molecule has 2 saturated heterocycles. The summed E-state index contributed by atoms with van der Waals surface area (Å²) in [6, 6.07) is -0.411. The Morgan fingerprint density at radius 3 is 2.67 bits per heavy atom. The number of aromatic amines is 1. The van der Waals surface area contributed by atoms with Crippen LogP contribution in [0.4, 0.5) is 4.79 Å². The first-order chi connectivity index (χ1) is 11.4. The van der Waals surface area contributed by atoms with Crippen molar-refractivity contribution in [2.75, 3.05) is 18.1 Å². The van der Waals surface area contributed by atoms with Gasteiger partial charge in [-0.2, -0.15) is 5.10 Å². The molecule has 2 amide bonds. The summed E-state index contributed by atoms with van der Waals surface area (Å²) < 4.78 is 23.2. The number of sulfone groups is 1. The molecule has 3 rings (SSSR count). The number of hydrogen-bond acceptors (Lipinski definition) is 4. The summed E-state index contributed by atoms with van der Waals surface area (Å²) in [6.07, 6.45) is 4.58. The van der Waals surface area contributed by atoms with Crippen molar-refractivity contribution in [3.8, 4) is 0 Å². The summed E-state index contributed by atoms with van der Waals surface area (Å²) in [5.41, 5.74) is 3.03. The lowest BCUT2D eigenvalue weighted by atomic mass is 9.99. The Balaban J connectivity index is 1.78. The van der Waals surface area contributed by atoms with Crippen LogP contribution in [0.1, 0.15) is 55.1 Å². The van der Waals surface area contributed by atoms with Gasteiger partial charge in [0.2, 0.25) is 0 Å². The Morgan fingerprint density at radius 1 is 1.25 bits per heavy atom. The number of nitrogens with zero attached hydrogens (tertiary/aromatic N) is 2. The highest BCUT2D eigenvalue weighted by Gasteiger charge is 2.34. The van der Waals surface area contributed by atoms with Crippen LogP contribution in [-0.2, 0) is 9.84 Å². The molecular formula is C16H26N4O3S. The Morgan fingerprint density at radius 2 is 2.04 bits per heavy atom. The van der Waals surface area contributed by atoms with Crippen molar-refractivity contribution >= 4 is 15.9 Å². The van der Waals surface area contributed by atoms with E-state index in [1.165, 1.54) is 0 Å². The molecule has 2 aliphatic rings. The molecule has 7 nitrogen and oxygen atoms in total. The van der Waals surface area contributed by atoms with Gasteiger partial charge in [-0.15, -0.1) is 0 Å². The zero-order valence-corrected chi connectivity index (χ0v) is 15.2. The smallest absolute Gasteiger partial charge is 0.318 e. The SMILES string of the molecule is Cc1n[nH]c(C)c1[C@@H]1CCCCCN1C(=O)N[C@@H]1CCS(=O)(=O)C1. The molecule has 2 atom stereocenters. The third kappa shape index (κ3) is 3.58. The fourth-order valence-electron chi connectivity index (χ4n) is 3.87. The fraction of sp³-hybridized carbons (Fsp3) is 0.750. The highest BCUT2D eigenvalue weighted by Crippen LogP contribution is 2.33. The lowest BCUT2D eigenvalue weighted by Gasteiger charge is -2.31. The highest BCUT2D eigenvalue weighted by molar-refractivity contribution is 7.91. The van der Waals surface area contributed by atoms with Crippen LogP contribution in [0.5, 0.6) is 0 Å². The maximum absolute atomic E-state index is 12.8. The molecule has 1 aromatic heterocycles. The topological polar surface area (TPSA) is 95.2 Å². The Hall–Kier alpha value is -1.57. The zero-order valence-electron chi connectivity index (χ0n) is 14.3. The molecule has 0 spiro atoms. The van der Waals surface area contributed by atoms with E-state index >= 15 is 0 Å². The van der Waals surface area contributed by atoms with Gasteiger partial charge in [0.05, 0.1) is 23.2 Å². The lowest BCUT2D eigenvalue weighted by molar-refractivity contribution is 0.172. The minimum absolute atomic E-state index is 0.00394. The summed E-state index contributed by atoms with van der Waals surface area (Å²) in [5.74, 6) is 0.225. The van der Waals surface area contributed by atoms with E-state index in [1.807, 2.05) is 18.7 Å². The molecule has 0 aliphatic carbocycles. The average molecular weight is 354 g/mol. The zero-order chi connectivity index (χ0) is 17.3. The monoisotopic (exact) mass is 354 g/mol. The second kappa shape index (κ2) is 6.74. The normalized spacial score (nSPS) is 27.0. The predicted octanol–water partition coefficient (Wildman–Crippen LogP) is 1.84. The van der Waals surface area contributed by atoms with Crippen LogP contribution in [0.2, 0.25) is 0 Å². The van der Waals surface area contributed by atoms with Gasteiger partial charge in [-0.1, -0.05) is 12.8 Å². The number of rotatable bonds is 2. The van der Waals surface area contributed by atoms with Crippen LogP contribution in [0.3, 0.4) is 0 Å². The van der Waals surface area contributed by atoms with Crippen molar-refractivity contribution in [3.05, 3.63) is 17.0 Å². The molecule has 0 unspecified atom stereocenters. The summed E-state index contributed by atoms with van der Waals surface area (Å²) >= 11 is 0. The number of aromatic nitrogens is 2.